The van der Waals surface area contributed by atoms with E-state index in [2.05, 4.69) is 19.2 Å². The molecular weight excluding hydrogens is 1070 g/mol. The first kappa shape index (κ1) is 82.9. The van der Waals surface area contributed by atoms with Crippen LogP contribution in [-0.2, 0) is 14.3 Å². The lowest BCUT2D eigenvalue weighted by atomic mass is 9.99. The van der Waals surface area contributed by atoms with Crippen LogP contribution in [-0.4, -0.2) is 87.5 Å². The maximum absolute atomic E-state index is 13.2. The summed E-state index contributed by atoms with van der Waals surface area (Å²) in [6.07, 6.45) is 80.8. The Hall–Kier alpha value is -1.07. The molecule has 1 fully saturated rings. The van der Waals surface area contributed by atoms with Gasteiger partial charge in [-0.1, -0.05) is 405 Å². The van der Waals surface area contributed by atoms with Crippen LogP contribution in [0, 0.1) is 0 Å². The fourth-order valence-electron chi connectivity index (χ4n) is 13.0. The molecule has 0 aromatic carbocycles. The zero-order valence-electron chi connectivity index (χ0n) is 57.6. The summed E-state index contributed by atoms with van der Waals surface area (Å²) in [7, 11) is 0. The van der Waals surface area contributed by atoms with Gasteiger partial charge in [-0.25, -0.2) is 0 Å². The van der Waals surface area contributed by atoms with Gasteiger partial charge in [0, 0.05) is 6.42 Å². The van der Waals surface area contributed by atoms with Crippen LogP contribution in [0.2, 0.25) is 0 Å². The highest BCUT2D eigenvalue weighted by Gasteiger charge is 2.44. The highest BCUT2D eigenvalue weighted by molar-refractivity contribution is 5.76. The van der Waals surface area contributed by atoms with E-state index in [1.54, 1.807) is 6.08 Å². The molecule has 1 aliphatic rings. The first-order valence-corrected chi connectivity index (χ1v) is 38.9. The number of hydrogen-bond donors (Lipinski definition) is 6. The SMILES string of the molecule is CCCCCCCCCCCCCCCCCCCCCCCCCC/C=C/C(O)C(COC1OC(CO)C(O)C(O)C1O)NC(=O)CCCCCCCCCCCCCCCCCCCCCCCCCCCCCCCCCCCCCCC. The maximum Gasteiger partial charge on any atom is 0.220 e. The number of allylic oxidation sites excluding steroid dienone is 1. The minimum absolute atomic E-state index is 0.166. The quantitative estimate of drug-likeness (QED) is 0.0261. The second-order valence-corrected chi connectivity index (χ2v) is 27.5. The Bertz CT molecular complexity index is 1360. The smallest absolute Gasteiger partial charge is 0.220 e. The highest BCUT2D eigenvalue weighted by Crippen LogP contribution is 2.24. The fourth-order valence-corrected chi connectivity index (χ4v) is 13.0. The summed E-state index contributed by atoms with van der Waals surface area (Å²) in [5.74, 6) is -0.166. The molecule has 7 unspecified atom stereocenters. The van der Waals surface area contributed by atoms with Crippen LogP contribution < -0.4 is 5.32 Å². The van der Waals surface area contributed by atoms with Crippen molar-refractivity contribution < 1.29 is 39.8 Å². The van der Waals surface area contributed by atoms with Crippen LogP contribution in [0.3, 0.4) is 0 Å². The predicted molar refractivity (Wildman–Crippen MR) is 369 cm³/mol. The van der Waals surface area contributed by atoms with E-state index < -0.39 is 49.5 Å². The molecule has 1 saturated heterocycles. The molecule has 0 aromatic heterocycles. The summed E-state index contributed by atoms with van der Waals surface area (Å²) in [5.41, 5.74) is 0. The zero-order valence-corrected chi connectivity index (χ0v) is 57.6. The minimum Gasteiger partial charge on any atom is -0.394 e. The Kier molecular flexibility index (Phi) is 64.5. The molecule has 0 saturated carbocycles. The van der Waals surface area contributed by atoms with E-state index in [1.165, 1.54) is 360 Å². The van der Waals surface area contributed by atoms with Gasteiger partial charge in [0.05, 0.1) is 25.4 Å². The third kappa shape index (κ3) is 54.6. The molecule has 0 radical (unpaired) electrons. The van der Waals surface area contributed by atoms with E-state index in [0.29, 0.717) is 6.42 Å². The van der Waals surface area contributed by atoms with Crippen molar-refractivity contribution in [1.29, 1.82) is 0 Å². The number of hydrogen-bond acceptors (Lipinski definition) is 8. The summed E-state index contributed by atoms with van der Waals surface area (Å²) in [5, 5.41) is 54.9. The number of ether oxygens (including phenoxy) is 2. The lowest BCUT2D eigenvalue weighted by Gasteiger charge is -2.40. The average Bonchev–Trinajstić information content (AvgIpc) is 2.59. The van der Waals surface area contributed by atoms with E-state index in [-0.39, 0.29) is 12.5 Å². The molecule has 7 atom stereocenters. The number of aliphatic hydroxyl groups is 5. The summed E-state index contributed by atoms with van der Waals surface area (Å²) in [6.45, 7) is 3.85. The van der Waals surface area contributed by atoms with Gasteiger partial charge >= 0.3 is 0 Å². The Morgan fingerprint density at radius 1 is 0.384 bits per heavy atom. The molecule has 86 heavy (non-hydrogen) atoms. The van der Waals surface area contributed by atoms with Gasteiger partial charge in [0.15, 0.2) is 6.29 Å². The molecule has 512 valence electrons. The summed E-state index contributed by atoms with van der Waals surface area (Å²) >= 11 is 0. The summed E-state index contributed by atoms with van der Waals surface area (Å²) in [4.78, 5) is 13.2. The summed E-state index contributed by atoms with van der Waals surface area (Å²) in [6, 6.07) is -0.803. The van der Waals surface area contributed by atoms with Crippen molar-refractivity contribution in [3.8, 4) is 0 Å². The number of carbonyl (C=O) groups is 1. The minimum atomic E-state index is -1.57. The van der Waals surface area contributed by atoms with Crippen molar-refractivity contribution >= 4 is 5.91 Å². The van der Waals surface area contributed by atoms with Crippen LogP contribution in [0.1, 0.15) is 418 Å². The molecule has 1 heterocycles. The van der Waals surface area contributed by atoms with Gasteiger partial charge in [0.1, 0.15) is 24.4 Å². The van der Waals surface area contributed by atoms with E-state index >= 15 is 0 Å². The normalized spacial score (nSPS) is 18.0. The van der Waals surface area contributed by atoms with Crippen molar-refractivity contribution in [3.63, 3.8) is 0 Å². The molecule has 0 spiro atoms. The molecule has 1 amide bonds. The maximum atomic E-state index is 13.2. The highest BCUT2D eigenvalue weighted by atomic mass is 16.7. The topological polar surface area (TPSA) is 149 Å². The first-order chi connectivity index (χ1) is 42.3. The van der Waals surface area contributed by atoms with Gasteiger partial charge in [0.2, 0.25) is 5.91 Å². The van der Waals surface area contributed by atoms with Crippen LogP contribution in [0.5, 0.6) is 0 Å². The molecule has 1 aliphatic heterocycles. The van der Waals surface area contributed by atoms with Crippen molar-refractivity contribution in [2.75, 3.05) is 13.2 Å². The lowest BCUT2D eigenvalue weighted by Crippen LogP contribution is -2.60. The number of rotatable bonds is 70. The second-order valence-electron chi connectivity index (χ2n) is 27.5. The molecule has 1 rings (SSSR count). The van der Waals surface area contributed by atoms with Gasteiger partial charge in [-0.15, -0.1) is 0 Å². The Morgan fingerprint density at radius 3 is 0.907 bits per heavy atom. The summed E-state index contributed by atoms with van der Waals surface area (Å²) < 4.78 is 11.3. The molecule has 0 bridgehead atoms. The Balaban J connectivity index is 2.05. The molecule has 0 aromatic rings. The average molecular weight is 1220 g/mol. The van der Waals surface area contributed by atoms with Gasteiger partial charge < -0.3 is 40.3 Å². The van der Waals surface area contributed by atoms with Crippen molar-refractivity contribution in [3.05, 3.63) is 12.2 Å². The molecular formula is C77H151NO8. The van der Waals surface area contributed by atoms with E-state index in [1.807, 2.05) is 6.08 Å². The number of nitrogens with one attached hydrogen (secondary N) is 1. The van der Waals surface area contributed by atoms with Crippen molar-refractivity contribution in [2.24, 2.45) is 0 Å². The van der Waals surface area contributed by atoms with Crippen LogP contribution in [0.25, 0.3) is 0 Å². The molecule has 6 N–H and O–H groups in total. The van der Waals surface area contributed by atoms with Gasteiger partial charge in [-0.05, 0) is 19.3 Å². The number of unbranched alkanes of at least 4 members (excludes halogenated alkanes) is 60. The lowest BCUT2D eigenvalue weighted by molar-refractivity contribution is -0.302. The third-order valence-corrected chi connectivity index (χ3v) is 19.1. The van der Waals surface area contributed by atoms with Crippen LogP contribution in [0.15, 0.2) is 12.2 Å². The van der Waals surface area contributed by atoms with Gasteiger partial charge in [0.25, 0.3) is 0 Å². The van der Waals surface area contributed by atoms with Gasteiger partial charge in [-0.3, -0.25) is 4.79 Å². The first-order valence-electron chi connectivity index (χ1n) is 38.9. The fraction of sp³-hybridized carbons (Fsp3) is 0.961. The van der Waals surface area contributed by atoms with E-state index in [0.717, 1.165) is 38.5 Å². The van der Waals surface area contributed by atoms with E-state index in [9.17, 15) is 30.3 Å². The number of aliphatic hydroxyl groups excluding tert-OH is 5. The third-order valence-electron chi connectivity index (χ3n) is 19.1. The Labute approximate surface area is 535 Å². The monoisotopic (exact) mass is 1220 g/mol. The Morgan fingerprint density at radius 2 is 0.640 bits per heavy atom. The zero-order chi connectivity index (χ0) is 62.1. The van der Waals surface area contributed by atoms with Gasteiger partial charge in [-0.2, -0.15) is 0 Å². The number of amides is 1. The number of carbonyl (C=O) groups excluding carboxylic acids is 1. The second kappa shape index (κ2) is 66.8. The predicted octanol–water partition coefficient (Wildman–Crippen LogP) is 21.8. The largest absolute Gasteiger partial charge is 0.394 e. The standard InChI is InChI=1S/C77H151NO8/c1-3-5-7-9-11-13-15-17-19-21-23-25-27-29-31-32-33-34-35-36-37-38-39-40-41-43-45-47-49-51-53-55-57-59-61-63-65-67-73(81)78-70(69-85-77-76(84)75(83)74(82)72(68-79)86-77)71(80)66-64-62-60-58-56-54-52-50-48-46-44-42-30-28-26-24-22-20-18-16-14-12-10-8-6-4-2/h64,66,70-72,74-77,79-80,82-84H,3-63,65,67-69H2,1-2H3,(H,78,81)/b66-64+. The molecule has 0 aliphatic carbocycles. The van der Waals surface area contributed by atoms with Crippen molar-refractivity contribution in [2.45, 2.75) is 461 Å². The van der Waals surface area contributed by atoms with Crippen LogP contribution in [0.4, 0.5) is 0 Å². The van der Waals surface area contributed by atoms with Crippen LogP contribution >= 0.6 is 0 Å². The van der Waals surface area contributed by atoms with E-state index in [4.69, 9.17) is 9.47 Å². The van der Waals surface area contributed by atoms with Crippen molar-refractivity contribution in [1.82, 2.24) is 5.32 Å². The molecule has 9 heteroatoms. The molecule has 9 nitrogen and oxygen atoms in total.